The van der Waals surface area contributed by atoms with Crippen molar-refractivity contribution in [3.05, 3.63) is 34.3 Å². The molecule has 1 aliphatic heterocycles. The fourth-order valence-corrected chi connectivity index (χ4v) is 2.91. The van der Waals surface area contributed by atoms with Gasteiger partial charge in [-0.3, -0.25) is 4.79 Å². The van der Waals surface area contributed by atoms with Crippen molar-refractivity contribution >= 4 is 17.5 Å². The van der Waals surface area contributed by atoms with Gasteiger partial charge in [0, 0.05) is 23.7 Å². The molecule has 2 atom stereocenters. The van der Waals surface area contributed by atoms with Crippen molar-refractivity contribution in [1.82, 2.24) is 4.90 Å². The highest BCUT2D eigenvalue weighted by Gasteiger charge is 2.29. The molecule has 2 unspecified atom stereocenters. The third-order valence-electron chi connectivity index (χ3n) is 4.18. The number of nitrogens with zero attached hydrogens (tertiary/aromatic N) is 1. The number of hydrogen-bond acceptors (Lipinski definition) is 2. The highest BCUT2D eigenvalue weighted by molar-refractivity contribution is 6.32. The lowest BCUT2D eigenvalue weighted by molar-refractivity contribution is 0.0551. The van der Waals surface area contributed by atoms with Crippen LogP contribution in [0.2, 0.25) is 5.02 Å². The van der Waals surface area contributed by atoms with Gasteiger partial charge in [-0.2, -0.15) is 0 Å². The largest absolute Gasteiger partial charge is 0.336 e. The number of carbonyl (C=O) groups excluding carboxylic acids is 1. The SMILES string of the molecule is CC1CCCN(C(=O)c2ccc(C#CCN)c(Cl)c2)C1C. The van der Waals surface area contributed by atoms with Crippen LogP contribution in [0.5, 0.6) is 0 Å². The molecule has 21 heavy (non-hydrogen) atoms. The molecule has 3 nitrogen and oxygen atoms in total. The summed E-state index contributed by atoms with van der Waals surface area (Å²) in [6, 6.07) is 5.55. The Labute approximate surface area is 131 Å². The van der Waals surface area contributed by atoms with Crippen LogP contribution in [-0.2, 0) is 0 Å². The number of amides is 1. The minimum absolute atomic E-state index is 0.0503. The third-order valence-corrected chi connectivity index (χ3v) is 4.49. The zero-order chi connectivity index (χ0) is 15.4. The van der Waals surface area contributed by atoms with Crippen molar-refractivity contribution in [2.75, 3.05) is 13.1 Å². The summed E-state index contributed by atoms with van der Waals surface area (Å²) in [6.45, 7) is 5.42. The summed E-state index contributed by atoms with van der Waals surface area (Å²) >= 11 is 6.20. The van der Waals surface area contributed by atoms with Crippen molar-refractivity contribution in [3.8, 4) is 11.8 Å². The number of benzene rings is 1. The Balaban J connectivity index is 2.21. The van der Waals surface area contributed by atoms with Gasteiger partial charge in [-0.1, -0.05) is 30.4 Å². The zero-order valence-electron chi connectivity index (χ0n) is 12.5. The Morgan fingerprint density at radius 1 is 1.48 bits per heavy atom. The normalized spacial score (nSPS) is 21.6. The molecule has 1 aromatic carbocycles. The highest BCUT2D eigenvalue weighted by atomic mass is 35.5. The predicted octanol–water partition coefficient (Wildman–Crippen LogP) is 2.91. The number of rotatable bonds is 1. The quantitative estimate of drug-likeness (QED) is 0.811. The van der Waals surface area contributed by atoms with Gasteiger partial charge >= 0.3 is 0 Å². The molecule has 0 radical (unpaired) electrons. The summed E-state index contributed by atoms with van der Waals surface area (Å²) in [5, 5.41) is 0.500. The lowest BCUT2D eigenvalue weighted by Crippen LogP contribution is -2.46. The Morgan fingerprint density at radius 2 is 2.24 bits per heavy atom. The van der Waals surface area contributed by atoms with E-state index in [1.165, 1.54) is 6.42 Å². The van der Waals surface area contributed by atoms with E-state index in [-0.39, 0.29) is 11.9 Å². The average molecular weight is 305 g/mol. The second kappa shape index (κ2) is 6.98. The van der Waals surface area contributed by atoms with Crippen LogP contribution in [0.25, 0.3) is 0 Å². The van der Waals surface area contributed by atoms with E-state index in [1.807, 2.05) is 4.90 Å². The fourth-order valence-electron chi connectivity index (χ4n) is 2.68. The standard InChI is InChI=1S/C17H21ClN2O/c1-12-5-4-10-20(13(12)2)17(21)15-8-7-14(6-3-9-19)16(18)11-15/h7-8,11-13H,4-5,9-10,19H2,1-2H3. The summed E-state index contributed by atoms with van der Waals surface area (Å²) < 4.78 is 0. The molecular weight excluding hydrogens is 284 g/mol. The maximum atomic E-state index is 12.6. The first-order valence-corrected chi connectivity index (χ1v) is 7.72. The molecule has 0 aliphatic carbocycles. The predicted molar refractivity (Wildman–Crippen MR) is 86.3 cm³/mol. The molecule has 1 heterocycles. The van der Waals surface area contributed by atoms with Crippen LogP contribution in [0.3, 0.4) is 0 Å². The summed E-state index contributed by atoms with van der Waals surface area (Å²) in [7, 11) is 0. The second-order valence-corrected chi connectivity index (χ2v) is 5.97. The van der Waals surface area contributed by atoms with Crippen LogP contribution in [0, 0.1) is 17.8 Å². The van der Waals surface area contributed by atoms with Gasteiger partial charge in [-0.25, -0.2) is 0 Å². The second-order valence-electron chi connectivity index (χ2n) is 5.56. The third kappa shape index (κ3) is 3.58. The van der Waals surface area contributed by atoms with Crippen molar-refractivity contribution < 1.29 is 4.79 Å². The van der Waals surface area contributed by atoms with E-state index in [0.717, 1.165) is 13.0 Å². The molecule has 0 bridgehead atoms. The average Bonchev–Trinajstić information content (AvgIpc) is 2.48. The molecule has 1 saturated heterocycles. The molecule has 1 aromatic rings. The summed E-state index contributed by atoms with van der Waals surface area (Å²) in [5.41, 5.74) is 6.68. The molecule has 0 saturated carbocycles. The monoisotopic (exact) mass is 304 g/mol. The van der Waals surface area contributed by atoms with E-state index in [0.29, 0.717) is 28.6 Å². The van der Waals surface area contributed by atoms with Gasteiger partial charge in [0.05, 0.1) is 11.6 Å². The summed E-state index contributed by atoms with van der Waals surface area (Å²) in [6.07, 6.45) is 2.24. The van der Waals surface area contributed by atoms with E-state index >= 15 is 0 Å². The van der Waals surface area contributed by atoms with E-state index in [9.17, 15) is 4.79 Å². The molecule has 2 N–H and O–H groups in total. The Kier molecular flexibility index (Phi) is 5.27. The van der Waals surface area contributed by atoms with Gasteiger partial charge in [0.15, 0.2) is 0 Å². The molecule has 1 fully saturated rings. The maximum Gasteiger partial charge on any atom is 0.254 e. The minimum atomic E-state index is 0.0503. The molecule has 1 aliphatic rings. The van der Waals surface area contributed by atoms with E-state index in [4.69, 9.17) is 17.3 Å². The first-order chi connectivity index (χ1) is 10.0. The number of piperidine rings is 1. The molecular formula is C17H21ClN2O. The molecule has 0 aromatic heterocycles. The molecule has 2 rings (SSSR count). The molecule has 4 heteroatoms. The smallest absolute Gasteiger partial charge is 0.254 e. The fraction of sp³-hybridized carbons (Fsp3) is 0.471. The van der Waals surface area contributed by atoms with Crippen LogP contribution in [0.4, 0.5) is 0 Å². The highest BCUT2D eigenvalue weighted by Crippen LogP contribution is 2.25. The molecule has 0 spiro atoms. The molecule has 1 amide bonds. The number of halogens is 1. The van der Waals surface area contributed by atoms with Crippen LogP contribution < -0.4 is 5.73 Å². The number of nitrogens with two attached hydrogens (primary N) is 1. The van der Waals surface area contributed by atoms with E-state index in [2.05, 4.69) is 25.7 Å². The summed E-state index contributed by atoms with van der Waals surface area (Å²) in [4.78, 5) is 14.6. The van der Waals surface area contributed by atoms with Crippen molar-refractivity contribution in [2.45, 2.75) is 32.7 Å². The Morgan fingerprint density at radius 3 is 2.90 bits per heavy atom. The summed E-state index contributed by atoms with van der Waals surface area (Å²) in [5.74, 6) is 6.26. The van der Waals surface area contributed by atoms with E-state index in [1.54, 1.807) is 18.2 Å². The van der Waals surface area contributed by atoms with Gasteiger partial charge < -0.3 is 10.6 Å². The van der Waals surface area contributed by atoms with Gasteiger partial charge in [-0.05, 0) is 43.9 Å². The van der Waals surface area contributed by atoms with Gasteiger partial charge in [0.2, 0.25) is 0 Å². The minimum Gasteiger partial charge on any atom is -0.336 e. The topological polar surface area (TPSA) is 46.3 Å². The van der Waals surface area contributed by atoms with Crippen LogP contribution in [0.15, 0.2) is 18.2 Å². The van der Waals surface area contributed by atoms with E-state index < -0.39 is 0 Å². The first kappa shape index (κ1) is 15.9. The number of carbonyl (C=O) groups is 1. The van der Waals surface area contributed by atoms with Crippen molar-refractivity contribution in [3.63, 3.8) is 0 Å². The Bertz CT molecular complexity index is 588. The zero-order valence-corrected chi connectivity index (χ0v) is 13.3. The van der Waals surface area contributed by atoms with Crippen molar-refractivity contribution in [2.24, 2.45) is 11.7 Å². The van der Waals surface area contributed by atoms with Gasteiger partial charge in [0.1, 0.15) is 0 Å². The van der Waals surface area contributed by atoms with Gasteiger partial charge in [-0.15, -0.1) is 0 Å². The van der Waals surface area contributed by atoms with Crippen LogP contribution in [0.1, 0.15) is 42.6 Å². The van der Waals surface area contributed by atoms with Gasteiger partial charge in [0.25, 0.3) is 5.91 Å². The Hall–Kier alpha value is -1.50. The maximum absolute atomic E-state index is 12.6. The molecule has 112 valence electrons. The first-order valence-electron chi connectivity index (χ1n) is 7.34. The lowest BCUT2D eigenvalue weighted by atomic mass is 9.91. The lowest BCUT2D eigenvalue weighted by Gasteiger charge is -2.38. The number of likely N-dealkylation sites (tertiary alicyclic amines) is 1. The van der Waals surface area contributed by atoms with Crippen LogP contribution >= 0.6 is 11.6 Å². The van der Waals surface area contributed by atoms with Crippen molar-refractivity contribution in [1.29, 1.82) is 0 Å². The number of hydrogen-bond donors (Lipinski definition) is 1. The van der Waals surface area contributed by atoms with Crippen LogP contribution in [-0.4, -0.2) is 29.9 Å².